The Morgan fingerprint density at radius 1 is 1.40 bits per heavy atom. The topological polar surface area (TPSA) is 37.4 Å². The van der Waals surface area contributed by atoms with Crippen LogP contribution < -0.4 is 10.1 Å². The van der Waals surface area contributed by atoms with Crippen molar-refractivity contribution in [2.75, 3.05) is 26.7 Å². The maximum Gasteiger partial charge on any atom is 0.213 e. The number of likely N-dealkylation sites (tertiary alicyclic amines) is 1. The van der Waals surface area contributed by atoms with Crippen molar-refractivity contribution in [3.8, 4) is 5.88 Å². The lowest BCUT2D eigenvalue weighted by molar-refractivity contribution is 0.110. The quantitative estimate of drug-likeness (QED) is 0.866. The van der Waals surface area contributed by atoms with Gasteiger partial charge < -0.3 is 15.0 Å². The van der Waals surface area contributed by atoms with Crippen molar-refractivity contribution >= 4 is 0 Å². The fourth-order valence-corrected chi connectivity index (χ4v) is 2.40. The molecule has 112 valence electrons. The summed E-state index contributed by atoms with van der Waals surface area (Å²) in [5.74, 6) is 1.44. The lowest BCUT2D eigenvalue weighted by Gasteiger charge is -2.29. The lowest BCUT2D eigenvalue weighted by atomic mass is 10.1. The van der Waals surface area contributed by atoms with E-state index in [9.17, 15) is 0 Å². The van der Waals surface area contributed by atoms with Gasteiger partial charge in [0.1, 0.15) is 6.10 Å². The van der Waals surface area contributed by atoms with Gasteiger partial charge in [-0.25, -0.2) is 4.98 Å². The molecule has 0 aromatic carbocycles. The van der Waals surface area contributed by atoms with Crippen molar-refractivity contribution in [1.29, 1.82) is 0 Å². The smallest absolute Gasteiger partial charge is 0.213 e. The van der Waals surface area contributed by atoms with Crippen molar-refractivity contribution < 1.29 is 4.74 Å². The van der Waals surface area contributed by atoms with E-state index in [1.807, 2.05) is 6.20 Å². The van der Waals surface area contributed by atoms with Gasteiger partial charge in [0.15, 0.2) is 0 Å². The summed E-state index contributed by atoms with van der Waals surface area (Å²) in [6, 6.07) is 4.11. The number of piperidine rings is 1. The van der Waals surface area contributed by atoms with E-state index < -0.39 is 0 Å². The standard InChI is InChI=1S/C16H27N3O/c1-13(2)11-17-12-14-4-7-18-16(10-14)20-15-5-8-19(3)9-6-15/h4,7,10,13,15,17H,5-6,8-9,11-12H2,1-3H3. The molecule has 0 unspecified atom stereocenters. The van der Waals surface area contributed by atoms with Crippen molar-refractivity contribution in [1.82, 2.24) is 15.2 Å². The molecule has 1 aliphatic heterocycles. The summed E-state index contributed by atoms with van der Waals surface area (Å²) in [5, 5.41) is 3.45. The highest BCUT2D eigenvalue weighted by atomic mass is 16.5. The molecule has 4 heteroatoms. The van der Waals surface area contributed by atoms with Crippen LogP contribution in [0.2, 0.25) is 0 Å². The number of hydrogen-bond acceptors (Lipinski definition) is 4. The average molecular weight is 277 g/mol. The van der Waals surface area contributed by atoms with Crippen molar-refractivity contribution in [2.45, 2.75) is 39.3 Å². The van der Waals surface area contributed by atoms with Crippen molar-refractivity contribution in [2.24, 2.45) is 5.92 Å². The average Bonchev–Trinajstić information content (AvgIpc) is 2.41. The Labute approximate surface area is 122 Å². The van der Waals surface area contributed by atoms with Gasteiger partial charge in [-0.15, -0.1) is 0 Å². The van der Waals surface area contributed by atoms with Gasteiger partial charge in [-0.3, -0.25) is 0 Å². The minimum atomic E-state index is 0.317. The molecule has 0 spiro atoms. The zero-order valence-electron chi connectivity index (χ0n) is 12.9. The number of hydrogen-bond donors (Lipinski definition) is 1. The fraction of sp³-hybridized carbons (Fsp3) is 0.688. The monoisotopic (exact) mass is 277 g/mol. The molecule has 0 bridgehead atoms. The highest BCUT2D eigenvalue weighted by Gasteiger charge is 2.18. The molecule has 2 rings (SSSR count). The summed E-state index contributed by atoms with van der Waals surface area (Å²) in [7, 11) is 2.16. The first-order valence-corrected chi connectivity index (χ1v) is 7.64. The van der Waals surface area contributed by atoms with Crippen LogP contribution in [0.4, 0.5) is 0 Å². The molecule has 1 fully saturated rings. The van der Waals surface area contributed by atoms with Crippen LogP contribution in [-0.4, -0.2) is 42.7 Å². The Hall–Kier alpha value is -1.13. The van der Waals surface area contributed by atoms with Crippen LogP contribution in [0.1, 0.15) is 32.3 Å². The molecule has 0 amide bonds. The molecule has 0 radical (unpaired) electrons. The maximum atomic E-state index is 6.01. The number of nitrogens with zero attached hydrogens (tertiary/aromatic N) is 2. The highest BCUT2D eigenvalue weighted by Crippen LogP contribution is 2.17. The van der Waals surface area contributed by atoms with Crippen LogP contribution in [0.25, 0.3) is 0 Å². The predicted molar refractivity (Wildman–Crippen MR) is 81.9 cm³/mol. The second-order valence-electron chi connectivity index (χ2n) is 6.15. The summed E-state index contributed by atoms with van der Waals surface area (Å²) in [4.78, 5) is 6.68. The van der Waals surface area contributed by atoms with Gasteiger partial charge in [-0.2, -0.15) is 0 Å². The van der Waals surface area contributed by atoms with Crippen LogP contribution in [0.3, 0.4) is 0 Å². The molecule has 1 saturated heterocycles. The SMILES string of the molecule is CC(C)CNCc1ccnc(OC2CCN(C)CC2)c1. The summed E-state index contributed by atoms with van der Waals surface area (Å²) in [6.45, 7) is 8.57. The van der Waals surface area contributed by atoms with E-state index in [0.29, 0.717) is 12.0 Å². The third-order valence-electron chi connectivity index (χ3n) is 3.63. The third-order valence-corrected chi connectivity index (χ3v) is 3.63. The minimum Gasteiger partial charge on any atom is -0.474 e. The van der Waals surface area contributed by atoms with Crippen LogP contribution in [-0.2, 0) is 6.54 Å². The minimum absolute atomic E-state index is 0.317. The Balaban J connectivity index is 1.82. The number of aromatic nitrogens is 1. The third kappa shape index (κ3) is 5.10. The first-order chi connectivity index (χ1) is 9.63. The molecular formula is C16H27N3O. The molecular weight excluding hydrogens is 250 g/mol. The molecule has 20 heavy (non-hydrogen) atoms. The highest BCUT2D eigenvalue weighted by molar-refractivity contribution is 5.20. The number of rotatable bonds is 6. The van der Waals surface area contributed by atoms with Gasteiger partial charge in [0, 0.05) is 31.9 Å². The van der Waals surface area contributed by atoms with Crippen LogP contribution in [0.5, 0.6) is 5.88 Å². The van der Waals surface area contributed by atoms with Gasteiger partial charge in [-0.1, -0.05) is 13.8 Å². The second kappa shape index (κ2) is 7.60. The molecule has 0 aliphatic carbocycles. The van der Waals surface area contributed by atoms with Gasteiger partial charge in [0.05, 0.1) is 0 Å². The summed E-state index contributed by atoms with van der Waals surface area (Å²) in [6.07, 6.45) is 4.34. The Morgan fingerprint density at radius 2 is 2.15 bits per heavy atom. The zero-order valence-corrected chi connectivity index (χ0v) is 12.9. The second-order valence-corrected chi connectivity index (χ2v) is 6.15. The lowest BCUT2D eigenvalue weighted by Crippen LogP contribution is -2.35. The van der Waals surface area contributed by atoms with Crippen molar-refractivity contribution in [3.05, 3.63) is 23.9 Å². The van der Waals surface area contributed by atoms with Gasteiger partial charge in [-0.05, 0) is 44.0 Å². The molecule has 1 aromatic heterocycles. The van der Waals surface area contributed by atoms with Crippen LogP contribution >= 0.6 is 0 Å². The van der Waals surface area contributed by atoms with E-state index in [-0.39, 0.29) is 0 Å². The largest absolute Gasteiger partial charge is 0.474 e. The number of nitrogens with one attached hydrogen (secondary N) is 1. The van der Waals surface area contributed by atoms with E-state index in [2.05, 4.69) is 48.2 Å². The molecule has 1 aliphatic rings. The molecule has 1 aromatic rings. The first kappa shape index (κ1) is 15.3. The van der Waals surface area contributed by atoms with Gasteiger partial charge in [0.25, 0.3) is 0 Å². The molecule has 2 heterocycles. The maximum absolute atomic E-state index is 6.01. The van der Waals surface area contributed by atoms with Gasteiger partial charge >= 0.3 is 0 Å². The summed E-state index contributed by atoms with van der Waals surface area (Å²) >= 11 is 0. The van der Waals surface area contributed by atoms with E-state index >= 15 is 0 Å². The predicted octanol–water partition coefficient (Wildman–Crippen LogP) is 2.30. The number of pyridine rings is 1. The van der Waals surface area contributed by atoms with Crippen molar-refractivity contribution in [3.63, 3.8) is 0 Å². The van der Waals surface area contributed by atoms with Crippen LogP contribution in [0, 0.1) is 5.92 Å². The molecule has 0 atom stereocenters. The van der Waals surface area contributed by atoms with E-state index in [0.717, 1.165) is 44.9 Å². The van der Waals surface area contributed by atoms with E-state index in [1.165, 1.54) is 5.56 Å². The fourth-order valence-electron chi connectivity index (χ4n) is 2.40. The molecule has 1 N–H and O–H groups in total. The molecule has 0 saturated carbocycles. The van der Waals surface area contributed by atoms with E-state index in [1.54, 1.807) is 0 Å². The Morgan fingerprint density at radius 3 is 2.85 bits per heavy atom. The Kier molecular flexibility index (Phi) is 5.80. The van der Waals surface area contributed by atoms with Crippen LogP contribution in [0.15, 0.2) is 18.3 Å². The Bertz CT molecular complexity index is 400. The summed E-state index contributed by atoms with van der Waals surface area (Å²) in [5.41, 5.74) is 1.24. The van der Waals surface area contributed by atoms with Gasteiger partial charge in [0.2, 0.25) is 5.88 Å². The number of ether oxygens (including phenoxy) is 1. The zero-order chi connectivity index (χ0) is 14.4. The molecule has 4 nitrogen and oxygen atoms in total. The first-order valence-electron chi connectivity index (χ1n) is 7.64. The summed E-state index contributed by atoms with van der Waals surface area (Å²) < 4.78 is 6.01. The normalized spacial score (nSPS) is 17.6. The van der Waals surface area contributed by atoms with E-state index in [4.69, 9.17) is 4.74 Å².